The smallest absolute Gasteiger partial charge is 0.0193 e. The fourth-order valence-electron chi connectivity index (χ4n) is 1.97. The number of nitrogens with one attached hydrogen (secondary N) is 1. The predicted octanol–water partition coefficient (Wildman–Crippen LogP) is 2.67. The van der Waals surface area contributed by atoms with Gasteiger partial charge in [-0.1, -0.05) is 20.8 Å². The highest BCUT2D eigenvalue weighted by Gasteiger charge is 2.19. The molecule has 0 saturated heterocycles. The van der Waals surface area contributed by atoms with Gasteiger partial charge in [-0.05, 0) is 47.2 Å². The van der Waals surface area contributed by atoms with Gasteiger partial charge in [0.15, 0.2) is 0 Å². The average Bonchev–Trinajstić information content (AvgIpc) is 2.31. The molecule has 0 saturated carbocycles. The van der Waals surface area contributed by atoms with Gasteiger partial charge in [0.25, 0.3) is 0 Å². The second-order valence-electron chi connectivity index (χ2n) is 7.16. The summed E-state index contributed by atoms with van der Waals surface area (Å²) in [4.78, 5) is 4.88. The lowest BCUT2D eigenvalue weighted by molar-refractivity contribution is 0.159. The van der Waals surface area contributed by atoms with Crippen LogP contribution in [-0.2, 0) is 0 Å². The number of rotatable bonds is 10. The summed E-state index contributed by atoms with van der Waals surface area (Å²) < 4.78 is 0. The molecule has 0 radical (unpaired) electrons. The maximum atomic E-state index is 3.69. The van der Waals surface area contributed by atoms with E-state index in [9.17, 15) is 0 Å². The van der Waals surface area contributed by atoms with Crippen LogP contribution in [0.15, 0.2) is 0 Å². The predicted molar refractivity (Wildman–Crippen MR) is 86.8 cm³/mol. The van der Waals surface area contributed by atoms with E-state index < -0.39 is 0 Å². The highest BCUT2D eigenvalue weighted by molar-refractivity contribution is 4.79. The van der Waals surface area contributed by atoms with Crippen LogP contribution in [0.3, 0.4) is 0 Å². The normalized spacial score (nSPS) is 14.7. The van der Waals surface area contributed by atoms with Crippen molar-refractivity contribution in [3.05, 3.63) is 0 Å². The monoisotopic (exact) mass is 271 g/mol. The zero-order chi connectivity index (χ0) is 15.1. The van der Waals surface area contributed by atoms with Crippen molar-refractivity contribution in [1.29, 1.82) is 0 Å². The molecule has 0 spiro atoms. The van der Waals surface area contributed by atoms with Gasteiger partial charge in [0.05, 0.1) is 0 Å². The molecule has 3 nitrogen and oxygen atoms in total. The molecule has 1 unspecified atom stereocenters. The van der Waals surface area contributed by atoms with Crippen molar-refractivity contribution in [3.8, 4) is 0 Å². The molecule has 0 aromatic rings. The number of hydrogen-bond donors (Lipinski definition) is 1. The maximum absolute atomic E-state index is 3.69. The highest BCUT2D eigenvalue weighted by Crippen LogP contribution is 2.09. The molecular weight excluding hydrogens is 234 g/mol. The number of hydrogen-bond acceptors (Lipinski definition) is 3. The third kappa shape index (κ3) is 9.42. The van der Waals surface area contributed by atoms with Gasteiger partial charge in [-0.25, -0.2) is 0 Å². The molecule has 0 aliphatic carbocycles. The molecule has 116 valence electrons. The van der Waals surface area contributed by atoms with Gasteiger partial charge in [-0.15, -0.1) is 0 Å². The zero-order valence-corrected chi connectivity index (χ0v) is 14.6. The van der Waals surface area contributed by atoms with Crippen LogP contribution < -0.4 is 5.32 Å². The lowest BCUT2D eigenvalue weighted by Crippen LogP contribution is -2.49. The van der Waals surface area contributed by atoms with Crippen LogP contribution in [0, 0.1) is 5.92 Å². The van der Waals surface area contributed by atoms with Gasteiger partial charge in [-0.3, -0.25) is 4.90 Å². The van der Waals surface area contributed by atoms with Gasteiger partial charge >= 0.3 is 0 Å². The van der Waals surface area contributed by atoms with E-state index in [2.05, 4.69) is 70.8 Å². The topological polar surface area (TPSA) is 18.5 Å². The van der Waals surface area contributed by atoms with Crippen molar-refractivity contribution < 1.29 is 0 Å². The maximum Gasteiger partial charge on any atom is 0.0193 e. The first kappa shape index (κ1) is 18.9. The van der Waals surface area contributed by atoms with Crippen molar-refractivity contribution in [2.45, 2.75) is 59.5 Å². The first-order valence-electron chi connectivity index (χ1n) is 7.81. The molecule has 1 atom stereocenters. The Kier molecular flexibility index (Phi) is 8.88. The van der Waals surface area contributed by atoms with Crippen LogP contribution in [0.5, 0.6) is 0 Å². The summed E-state index contributed by atoms with van der Waals surface area (Å²) in [5, 5.41) is 3.69. The molecule has 0 amide bonds. The molecule has 0 fully saturated rings. The SMILES string of the molecule is CCC(C)(C)NCC(C)N(CCN(C)C)CC(C)C. The van der Waals surface area contributed by atoms with E-state index in [0.717, 1.165) is 25.6 Å². The molecule has 0 bridgehead atoms. The molecule has 0 aliphatic heterocycles. The lowest BCUT2D eigenvalue weighted by atomic mass is 10.0. The fourth-order valence-corrected chi connectivity index (χ4v) is 1.97. The summed E-state index contributed by atoms with van der Waals surface area (Å²) in [6, 6.07) is 0.591. The third-order valence-electron chi connectivity index (χ3n) is 3.82. The largest absolute Gasteiger partial charge is 0.310 e. The van der Waals surface area contributed by atoms with E-state index in [1.165, 1.54) is 13.0 Å². The quantitative estimate of drug-likeness (QED) is 0.659. The summed E-state index contributed by atoms with van der Waals surface area (Å²) in [6.07, 6.45) is 1.17. The Bertz CT molecular complexity index is 224. The minimum atomic E-state index is 0.249. The van der Waals surface area contributed by atoms with Crippen LogP contribution in [0.1, 0.15) is 48.0 Å². The van der Waals surface area contributed by atoms with Crippen molar-refractivity contribution in [1.82, 2.24) is 15.1 Å². The summed E-state index contributed by atoms with van der Waals surface area (Å²) in [6.45, 7) is 18.3. The minimum absolute atomic E-state index is 0.249. The van der Waals surface area contributed by atoms with Crippen LogP contribution >= 0.6 is 0 Å². The Morgan fingerprint density at radius 1 is 1.05 bits per heavy atom. The minimum Gasteiger partial charge on any atom is -0.310 e. The standard InChI is InChI=1S/C16H37N3/c1-9-16(5,6)17-12-15(4)19(13-14(2)3)11-10-18(7)8/h14-15,17H,9-13H2,1-8H3. The molecule has 0 aliphatic rings. The molecule has 0 rings (SSSR count). The Labute approximate surface area is 121 Å². The van der Waals surface area contributed by atoms with Gasteiger partial charge in [0.1, 0.15) is 0 Å². The molecule has 0 aromatic carbocycles. The molecule has 1 N–H and O–H groups in total. The van der Waals surface area contributed by atoms with Crippen LogP contribution in [0.2, 0.25) is 0 Å². The van der Waals surface area contributed by atoms with Gasteiger partial charge in [-0.2, -0.15) is 0 Å². The molecule has 0 heterocycles. The Balaban J connectivity index is 4.32. The van der Waals surface area contributed by atoms with Gasteiger partial charge < -0.3 is 10.2 Å². The number of likely N-dealkylation sites (N-methyl/N-ethyl adjacent to an activating group) is 1. The van der Waals surface area contributed by atoms with Crippen molar-refractivity contribution in [2.24, 2.45) is 5.92 Å². The van der Waals surface area contributed by atoms with Gasteiger partial charge in [0.2, 0.25) is 0 Å². The van der Waals surface area contributed by atoms with E-state index in [-0.39, 0.29) is 5.54 Å². The Hall–Kier alpha value is -0.120. The van der Waals surface area contributed by atoms with Crippen molar-refractivity contribution in [3.63, 3.8) is 0 Å². The third-order valence-corrected chi connectivity index (χ3v) is 3.82. The van der Waals surface area contributed by atoms with Crippen LogP contribution in [0.4, 0.5) is 0 Å². The fraction of sp³-hybridized carbons (Fsp3) is 1.00. The Morgan fingerprint density at radius 3 is 2.05 bits per heavy atom. The second kappa shape index (κ2) is 8.93. The van der Waals surface area contributed by atoms with E-state index in [0.29, 0.717) is 6.04 Å². The zero-order valence-electron chi connectivity index (χ0n) is 14.6. The summed E-state index contributed by atoms with van der Waals surface area (Å²) in [5.74, 6) is 0.726. The lowest BCUT2D eigenvalue weighted by Gasteiger charge is -2.34. The average molecular weight is 271 g/mol. The first-order valence-corrected chi connectivity index (χ1v) is 7.81. The van der Waals surface area contributed by atoms with E-state index >= 15 is 0 Å². The summed E-state index contributed by atoms with van der Waals surface area (Å²) >= 11 is 0. The van der Waals surface area contributed by atoms with Crippen LogP contribution in [0.25, 0.3) is 0 Å². The van der Waals surface area contributed by atoms with Gasteiger partial charge in [0, 0.05) is 37.8 Å². The van der Waals surface area contributed by atoms with Crippen molar-refractivity contribution in [2.75, 3.05) is 40.3 Å². The molecular formula is C16H37N3. The second-order valence-corrected chi connectivity index (χ2v) is 7.16. The summed E-state index contributed by atoms with van der Waals surface area (Å²) in [7, 11) is 4.30. The Morgan fingerprint density at radius 2 is 1.63 bits per heavy atom. The van der Waals surface area contributed by atoms with Crippen molar-refractivity contribution >= 4 is 0 Å². The first-order chi connectivity index (χ1) is 8.68. The molecule has 19 heavy (non-hydrogen) atoms. The van der Waals surface area contributed by atoms with E-state index in [4.69, 9.17) is 0 Å². The molecule has 0 aromatic heterocycles. The molecule has 3 heteroatoms. The highest BCUT2D eigenvalue weighted by atomic mass is 15.2. The van der Waals surface area contributed by atoms with Crippen LogP contribution in [-0.4, -0.2) is 61.7 Å². The number of nitrogens with zero attached hydrogens (tertiary/aromatic N) is 2. The van der Waals surface area contributed by atoms with E-state index in [1.54, 1.807) is 0 Å². The van der Waals surface area contributed by atoms with E-state index in [1.807, 2.05) is 0 Å². The summed E-state index contributed by atoms with van der Waals surface area (Å²) in [5.41, 5.74) is 0.249.